The molecule has 0 radical (unpaired) electrons. The summed E-state index contributed by atoms with van der Waals surface area (Å²) in [6, 6.07) is 2.12. The number of carbonyl (C=O) groups excluding carboxylic acids is 1. The number of piperidine rings is 1. The molecule has 7 heterocycles. The van der Waals surface area contributed by atoms with Gasteiger partial charge in [-0.1, -0.05) is 40.5 Å². The van der Waals surface area contributed by atoms with Crippen LogP contribution in [-0.4, -0.2) is 252 Å². The van der Waals surface area contributed by atoms with E-state index in [1.165, 1.54) is 12.8 Å². The fourth-order valence-corrected chi connectivity index (χ4v) is 18.1. The second-order valence-electron chi connectivity index (χ2n) is 37.2. The molecule has 15 rings (SSSR count). The van der Waals surface area contributed by atoms with E-state index in [9.17, 15) is 47.7 Å². The van der Waals surface area contributed by atoms with E-state index >= 15 is 0 Å². The van der Waals surface area contributed by atoms with Crippen molar-refractivity contribution in [3.63, 3.8) is 0 Å². The topological polar surface area (TPSA) is 619 Å². The first-order valence-corrected chi connectivity index (χ1v) is 46.7. The van der Waals surface area contributed by atoms with Gasteiger partial charge in [0.05, 0.1) is 64.3 Å². The maximum absolute atomic E-state index is 11.3. The van der Waals surface area contributed by atoms with Crippen LogP contribution in [0.3, 0.4) is 0 Å². The van der Waals surface area contributed by atoms with Crippen molar-refractivity contribution in [1.82, 2.24) is 10.6 Å². The summed E-state index contributed by atoms with van der Waals surface area (Å²) in [5, 5.41) is 78.5. The Balaban J connectivity index is 0.000000432. The van der Waals surface area contributed by atoms with Gasteiger partial charge in [0.25, 0.3) is 0 Å². The molecule has 15 fully saturated rings. The van der Waals surface area contributed by atoms with E-state index in [4.69, 9.17) is 103 Å². The van der Waals surface area contributed by atoms with E-state index in [2.05, 4.69) is 49.0 Å². The molecule has 8 saturated carbocycles. The van der Waals surface area contributed by atoms with Gasteiger partial charge in [0.15, 0.2) is 0 Å². The molecule has 0 aromatic rings. The van der Waals surface area contributed by atoms with Crippen LogP contribution in [0, 0.1) is 50.2 Å². The lowest BCUT2D eigenvalue weighted by molar-refractivity contribution is -0.156. The van der Waals surface area contributed by atoms with Gasteiger partial charge in [-0.05, 0) is 270 Å². The molecule has 684 valence electrons. The third-order valence-electron chi connectivity index (χ3n) is 26.3. The van der Waals surface area contributed by atoms with Crippen molar-refractivity contribution in [2.24, 2.45) is 113 Å². The number of fused-ring (bicyclic) bond motifs is 5. The second-order valence-corrected chi connectivity index (χ2v) is 42.7. The maximum atomic E-state index is 11.3. The lowest BCUT2D eigenvalue weighted by atomic mass is 9.58. The molecular formula is C84H163N13O18S2. The van der Waals surface area contributed by atoms with Crippen molar-refractivity contribution < 1.29 is 87.5 Å². The summed E-state index contributed by atoms with van der Waals surface area (Å²) in [6.07, 6.45) is 27.0. The molecule has 7 saturated heterocycles. The zero-order valence-electron chi connectivity index (χ0n) is 72.3. The summed E-state index contributed by atoms with van der Waals surface area (Å²) < 4.78 is 37.4. The number of nitrogens with two attached hydrogens (primary N) is 11. The van der Waals surface area contributed by atoms with Crippen LogP contribution in [0.4, 0.5) is 0 Å². The summed E-state index contributed by atoms with van der Waals surface area (Å²) in [6.45, 7) is 30.8. The highest BCUT2D eigenvalue weighted by molar-refractivity contribution is 8.00. The van der Waals surface area contributed by atoms with Crippen molar-refractivity contribution in [1.29, 1.82) is 0 Å². The van der Waals surface area contributed by atoms with Crippen molar-refractivity contribution in [2.45, 2.75) is 287 Å². The molecule has 8 aliphatic carbocycles. The molecule has 0 spiro atoms. The highest BCUT2D eigenvalue weighted by atomic mass is 32.2. The summed E-state index contributed by atoms with van der Waals surface area (Å²) in [5.74, 6) is 8.68. The predicted octanol–water partition coefficient (Wildman–Crippen LogP) is 5.35. The van der Waals surface area contributed by atoms with Gasteiger partial charge < -0.3 is 129 Å². The number of aliphatic hydroxyl groups excluding tert-OH is 3. The molecule has 33 heteroatoms. The Morgan fingerprint density at radius 3 is 1.15 bits per heavy atom. The predicted molar refractivity (Wildman–Crippen MR) is 470 cm³/mol. The number of carboxylic acid groups (broad SMARTS) is 4. The van der Waals surface area contributed by atoms with Crippen LogP contribution in [-0.2, 0) is 57.2 Å². The molecule has 15 aliphatic rings. The van der Waals surface area contributed by atoms with Gasteiger partial charge in [-0.15, -0.1) is 0 Å². The van der Waals surface area contributed by atoms with Crippen LogP contribution >= 0.6 is 0 Å². The number of aliphatic hydroxyl groups is 4. The molecule has 7 aliphatic heterocycles. The minimum Gasteiger partial charge on any atom is -0.513 e. The van der Waals surface area contributed by atoms with Crippen LogP contribution < -0.4 is 73.7 Å². The van der Waals surface area contributed by atoms with Gasteiger partial charge in [0.1, 0.15) is 5.78 Å². The normalized spacial score (nSPS) is 32.7. The van der Waals surface area contributed by atoms with Crippen molar-refractivity contribution in [2.75, 3.05) is 108 Å². The first kappa shape index (κ1) is 109. The Morgan fingerprint density at radius 1 is 0.487 bits per heavy atom. The molecule has 0 unspecified atom stereocenters. The molecule has 117 heavy (non-hydrogen) atoms. The van der Waals surface area contributed by atoms with Crippen molar-refractivity contribution in [3.05, 3.63) is 37.0 Å². The number of Topliss-reactive ketones (excluding diaryl/α,β-unsaturated/α-hetero) is 1. The van der Waals surface area contributed by atoms with Crippen molar-refractivity contribution >= 4 is 60.4 Å². The number of carboxylic acids is 4. The zero-order valence-corrected chi connectivity index (χ0v) is 73.9. The van der Waals surface area contributed by atoms with Crippen LogP contribution in [0.25, 0.3) is 0 Å². The largest absolute Gasteiger partial charge is 0.513 e. The number of ketones is 1. The summed E-state index contributed by atoms with van der Waals surface area (Å²) in [7, 11) is -3.58. The van der Waals surface area contributed by atoms with Gasteiger partial charge in [-0.2, -0.15) is 0 Å². The van der Waals surface area contributed by atoms with Crippen LogP contribution in [0.5, 0.6) is 0 Å². The zero-order chi connectivity index (χ0) is 89.1. The number of hydrogen-bond donors (Lipinski definition) is 21. The van der Waals surface area contributed by atoms with E-state index in [-0.39, 0.29) is 64.2 Å². The van der Waals surface area contributed by atoms with Crippen molar-refractivity contribution in [3.8, 4) is 0 Å². The fourth-order valence-electron chi connectivity index (χ4n) is 14.8. The first-order chi connectivity index (χ1) is 54.2. The molecule has 0 atom stereocenters. The molecule has 31 nitrogen and oxygen atoms in total. The Bertz CT molecular complexity index is 3160. The maximum Gasteiger partial charge on any atom is 0.311 e. The monoisotopic (exact) mass is 1710 g/mol. The van der Waals surface area contributed by atoms with E-state index in [1.807, 2.05) is 13.8 Å². The number of carbonyl (C=O) groups is 5. The first-order valence-electron chi connectivity index (χ1n) is 42.5. The van der Waals surface area contributed by atoms with Crippen LogP contribution in [0.1, 0.15) is 234 Å². The molecule has 32 N–H and O–H groups in total. The molecule has 0 aromatic heterocycles. The number of nitrogens with one attached hydrogen (secondary N) is 2. The van der Waals surface area contributed by atoms with Crippen LogP contribution in [0.2, 0.25) is 0 Å². The van der Waals surface area contributed by atoms with Gasteiger partial charge >= 0.3 is 23.9 Å². The number of aliphatic carboxylic acids is 4. The fraction of sp³-hybridized carbons (Fsp3) is 0.845. The minimum absolute atomic E-state index is 0.00868. The number of hydrogen-bond acceptors (Lipinski definition) is 27. The Hall–Kier alpha value is -4.47. The average Bonchev–Trinajstić information content (AvgIpc) is 1.63. The molecule has 0 amide bonds. The van der Waals surface area contributed by atoms with E-state index < -0.39 is 64.8 Å². The summed E-state index contributed by atoms with van der Waals surface area (Å²) >= 11 is 0. The Kier molecular flexibility index (Phi) is 46.7. The smallest absolute Gasteiger partial charge is 0.311 e. The average molecular weight is 1710 g/mol. The van der Waals surface area contributed by atoms with Crippen LogP contribution in [0.15, 0.2) is 37.0 Å². The Labute approximate surface area is 700 Å². The van der Waals surface area contributed by atoms with Gasteiger partial charge in [0.2, 0.25) is 0 Å². The lowest BCUT2D eigenvalue weighted by Crippen LogP contribution is -2.54. The van der Waals surface area contributed by atoms with Gasteiger partial charge in [-0.3, -0.25) is 32.4 Å². The van der Waals surface area contributed by atoms with E-state index in [0.29, 0.717) is 123 Å². The highest BCUT2D eigenvalue weighted by Crippen LogP contribution is 2.58. The van der Waals surface area contributed by atoms with E-state index in [0.717, 1.165) is 205 Å². The SMILES string of the molecule is C=C(O)C1(C)CCNCC1.C=C(O)C12CCC(N)(CC1)C2.C=C(O)C1CCC(N)CC1.C=S1(=O)CCC(N)CC1.C=S1(=O)CCC(O)(CN)CC1.CC(=O)C(C)(C)CCN.CC(C)(C(=O)O)C1CNC1.NC12CCC(C(=O)O)(CC1)CC2.NC1CC(C(=O)O)C1.NC1CC1.NC1CCOCC1.NC1COC1.NCC1(C(=O)O)CCOCC1. The number of ether oxygens (including phenoxy) is 3. The third kappa shape index (κ3) is 39.7. The highest BCUT2D eigenvalue weighted by Gasteiger charge is 2.54. The minimum atomic E-state index is -1.88. The van der Waals surface area contributed by atoms with Gasteiger partial charge in [-0.25, -0.2) is 0 Å². The second kappa shape index (κ2) is 50.3. The molecular weight excluding hydrogens is 1540 g/mol. The van der Waals surface area contributed by atoms with E-state index in [1.54, 1.807) is 20.8 Å². The summed E-state index contributed by atoms with van der Waals surface area (Å²) in [4.78, 5) is 53.3. The Morgan fingerprint density at radius 2 is 0.906 bits per heavy atom. The number of rotatable bonds is 13. The molecule has 0 aromatic carbocycles. The van der Waals surface area contributed by atoms with Gasteiger partial charge in [0, 0.05) is 139 Å². The third-order valence-corrected chi connectivity index (χ3v) is 30.2. The lowest BCUT2D eigenvalue weighted by Gasteiger charge is -2.49. The quantitative estimate of drug-likeness (QED) is 0.0815. The molecule has 4 bridgehead atoms. The summed E-state index contributed by atoms with van der Waals surface area (Å²) in [5.41, 5.74) is 58.2. The standard InChI is InChI=1S/C9H15NO2.C9H15NO.2C8H15NO.C7H13NO3.C7H15NO2S.C7H13NO2.C7H15NO.C6H13NOS.C5H9NO2.C5H11NO.C3H7NO.C3H7N/c10-9-4-1-8(2-5-9,3-6-9)7(11)12;1-7(11)8-2-4-9(10,6-8)5-3-8;1-7(10)8(2)3-5-9-6-4-8;1-6(10)7-2-4-8(9)5-3-7;8-5-7(6(9)10)1-3-11-4-2-7;1-11(10)4-2-7(9,6-8)3-5-11;1-7(2,6(9)10)5-3-8-4-5;1-6(9)7(2,3)4-5-8;1-9(8)4-2-6(7)3-5-9;6-4-1-3(2-4)5(7)8;6-5-1-3-7-4-2-5;4-3-1-5-2-3;4-3-1-2-3/h1-6,10H2,(H,11,12);11H,1-6,10H2;9-10H,1,3-6H2,2H3;7-8,10H,1-5,9H2;1-5,8H2,(H,9,10);9H,1-6,8H2;5,8H,3-4H2,1-2H3,(H,9,10);4-5,8H2,1-3H3;6H,1-5,7H2;3-4H,1-2,6H2,(H,7,8);5H,1-4,6H2;3H,1-2,4H2;3H,1-2,4H2. The number of allylic oxidation sites excluding steroid dienone is 3.